The quantitative estimate of drug-likeness (QED) is 0.906. The minimum Gasteiger partial charge on any atom is -0.480 e. The van der Waals surface area contributed by atoms with E-state index in [2.05, 4.69) is 4.98 Å². The van der Waals surface area contributed by atoms with Gasteiger partial charge in [0.05, 0.1) is 0 Å². The van der Waals surface area contributed by atoms with Crippen molar-refractivity contribution in [1.82, 2.24) is 4.98 Å². The highest BCUT2D eigenvalue weighted by molar-refractivity contribution is 5.74. The van der Waals surface area contributed by atoms with E-state index in [0.29, 0.717) is 0 Å². The largest absolute Gasteiger partial charge is 0.480 e. The molecule has 0 amide bonds. The SMILES string of the molecule is CN(CC(=O)O)c1ccc(/C=C/c2ccncc2)cc1. The molecule has 1 aromatic carbocycles. The molecule has 0 bridgehead atoms. The Labute approximate surface area is 118 Å². The molecule has 0 saturated heterocycles. The molecule has 0 spiro atoms. The fourth-order valence-electron chi connectivity index (χ4n) is 1.80. The zero-order valence-electron chi connectivity index (χ0n) is 11.2. The molecule has 0 fully saturated rings. The number of carboxylic acids is 1. The van der Waals surface area contributed by atoms with Crippen LogP contribution in [0.4, 0.5) is 5.69 Å². The lowest BCUT2D eigenvalue weighted by Gasteiger charge is -2.16. The Balaban J connectivity index is 2.05. The van der Waals surface area contributed by atoms with E-state index in [4.69, 9.17) is 5.11 Å². The second-order valence-electron chi connectivity index (χ2n) is 4.46. The normalized spacial score (nSPS) is 10.7. The van der Waals surface area contributed by atoms with Crippen molar-refractivity contribution in [3.63, 3.8) is 0 Å². The van der Waals surface area contributed by atoms with Gasteiger partial charge in [-0.3, -0.25) is 9.78 Å². The highest BCUT2D eigenvalue weighted by Crippen LogP contribution is 2.15. The maximum Gasteiger partial charge on any atom is 0.323 e. The number of rotatable bonds is 5. The van der Waals surface area contributed by atoms with Crippen molar-refractivity contribution in [2.75, 3.05) is 18.5 Å². The standard InChI is InChI=1S/C16H16N2O2/c1-18(12-16(19)20)15-6-4-13(5-7-15)2-3-14-8-10-17-11-9-14/h2-11H,12H2,1H3,(H,19,20)/b3-2+. The van der Waals surface area contributed by atoms with Crippen molar-refractivity contribution in [3.05, 3.63) is 59.9 Å². The molecule has 0 radical (unpaired) electrons. The zero-order valence-corrected chi connectivity index (χ0v) is 11.2. The number of carbonyl (C=O) groups is 1. The van der Waals surface area contributed by atoms with Crippen LogP contribution in [0.15, 0.2) is 48.8 Å². The average Bonchev–Trinajstić information content (AvgIpc) is 2.46. The smallest absolute Gasteiger partial charge is 0.323 e. The van der Waals surface area contributed by atoms with Crippen molar-refractivity contribution in [2.24, 2.45) is 0 Å². The van der Waals surface area contributed by atoms with Crippen LogP contribution in [-0.4, -0.2) is 29.7 Å². The van der Waals surface area contributed by atoms with E-state index in [1.54, 1.807) is 24.3 Å². The molecule has 1 heterocycles. The Morgan fingerprint density at radius 2 is 1.65 bits per heavy atom. The molecular formula is C16H16N2O2. The van der Waals surface area contributed by atoms with E-state index in [9.17, 15) is 4.79 Å². The fourth-order valence-corrected chi connectivity index (χ4v) is 1.80. The van der Waals surface area contributed by atoms with Gasteiger partial charge in [-0.2, -0.15) is 0 Å². The molecule has 2 aromatic rings. The zero-order chi connectivity index (χ0) is 14.4. The first-order chi connectivity index (χ1) is 9.65. The number of nitrogens with zero attached hydrogens (tertiary/aromatic N) is 2. The van der Waals surface area contributed by atoms with Crippen molar-refractivity contribution in [1.29, 1.82) is 0 Å². The Morgan fingerprint density at radius 1 is 1.10 bits per heavy atom. The second kappa shape index (κ2) is 6.52. The molecule has 1 N–H and O–H groups in total. The summed E-state index contributed by atoms with van der Waals surface area (Å²) in [5.41, 5.74) is 3.04. The van der Waals surface area contributed by atoms with Crippen LogP contribution in [0.5, 0.6) is 0 Å². The van der Waals surface area contributed by atoms with Gasteiger partial charge in [0.25, 0.3) is 0 Å². The molecule has 0 unspecified atom stereocenters. The molecule has 0 atom stereocenters. The third-order valence-electron chi connectivity index (χ3n) is 2.88. The summed E-state index contributed by atoms with van der Waals surface area (Å²) in [4.78, 5) is 16.3. The van der Waals surface area contributed by atoms with Crippen LogP contribution in [-0.2, 0) is 4.79 Å². The number of hydrogen-bond donors (Lipinski definition) is 1. The summed E-state index contributed by atoms with van der Waals surface area (Å²) in [5.74, 6) is -0.839. The van der Waals surface area contributed by atoms with Crippen molar-refractivity contribution >= 4 is 23.8 Å². The van der Waals surface area contributed by atoms with Gasteiger partial charge in [0.2, 0.25) is 0 Å². The predicted octanol–water partition coefficient (Wildman–Crippen LogP) is 2.77. The molecule has 4 nitrogen and oxygen atoms in total. The summed E-state index contributed by atoms with van der Waals surface area (Å²) in [7, 11) is 1.76. The van der Waals surface area contributed by atoms with E-state index in [0.717, 1.165) is 16.8 Å². The van der Waals surface area contributed by atoms with Gasteiger partial charge < -0.3 is 10.0 Å². The van der Waals surface area contributed by atoms with Gasteiger partial charge in [0.1, 0.15) is 6.54 Å². The fraction of sp³-hybridized carbons (Fsp3) is 0.125. The average molecular weight is 268 g/mol. The highest BCUT2D eigenvalue weighted by atomic mass is 16.4. The van der Waals surface area contributed by atoms with E-state index in [-0.39, 0.29) is 6.54 Å². The lowest BCUT2D eigenvalue weighted by molar-refractivity contribution is -0.135. The van der Waals surface area contributed by atoms with E-state index < -0.39 is 5.97 Å². The lowest BCUT2D eigenvalue weighted by Crippen LogP contribution is -2.24. The number of likely N-dealkylation sites (N-methyl/N-ethyl adjacent to an activating group) is 1. The van der Waals surface area contributed by atoms with E-state index in [1.807, 2.05) is 48.6 Å². The molecule has 0 aliphatic rings. The number of aromatic nitrogens is 1. The maximum absolute atomic E-state index is 10.7. The Hall–Kier alpha value is -2.62. The van der Waals surface area contributed by atoms with Crippen LogP contribution in [0.1, 0.15) is 11.1 Å². The van der Waals surface area contributed by atoms with Gasteiger partial charge in [-0.15, -0.1) is 0 Å². The topological polar surface area (TPSA) is 53.4 Å². The van der Waals surface area contributed by atoms with Crippen LogP contribution >= 0.6 is 0 Å². The monoisotopic (exact) mass is 268 g/mol. The molecular weight excluding hydrogens is 252 g/mol. The molecule has 1 aromatic heterocycles. The van der Waals surface area contributed by atoms with Gasteiger partial charge in [0.15, 0.2) is 0 Å². The summed E-state index contributed by atoms with van der Waals surface area (Å²) < 4.78 is 0. The first kappa shape index (κ1) is 13.8. The van der Waals surface area contributed by atoms with Gasteiger partial charge in [-0.05, 0) is 35.4 Å². The number of pyridine rings is 1. The number of carboxylic acid groups (broad SMARTS) is 1. The summed E-state index contributed by atoms with van der Waals surface area (Å²) in [6.07, 6.45) is 7.53. The van der Waals surface area contributed by atoms with Crippen LogP contribution in [0, 0.1) is 0 Å². The number of hydrogen-bond acceptors (Lipinski definition) is 3. The molecule has 102 valence electrons. The maximum atomic E-state index is 10.7. The summed E-state index contributed by atoms with van der Waals surface area (Å²) in [6, 6.07) is 11.6. The lowest BCUT2D eigenvalue weighted by atomic mass is 10.1. The third kappa shape index (κ3) is 3.95. The molecule has 0 aliphatic heterocycles. The Morgan fingerprint density at radius 3 is 2.20 bits per heavy atom. The number of anilines is 1. The van der Waals surface area contributed by atoms with Crippen LogP contribution < -0.4 is 4.90 Å². The minimum absolute atomic E-state index is 0.00774. The van der Waals surface area contributed by atoms with Crippen molar-refractivity contribution < 1.29 is 9.90 Å². The Kier molecular flexibility index (Phi) is 4.50. The van der Waals surface area contributed by atoms with Gasteiger partial charge in [-0.25, -0.2) is 0 Å². The van der Waals surface area contributed by atoms with Gasteiger partial charge in [0, 0.05) is 25.1 Å². The molecule has 20 heavy (non-hydrogen) atoms. The number of benzene rings is 1. The molecule has 2 rings (SSSR count). The Bertz CT molecular complexity index is 592. The van der Waals surface area contributed by atoms with Crippen LogP contribution in [0.25, 0.3) is 12.2 Å². The first-order valence-corrected chi connectivity index (χ1v) is 6.26. The minimum atomic E-state index is -0.839. The molecule has 4 heteroatoms. The van der Waals surface area contributed by atoms with E-state index >= 15 is 0 Å². The second-order valence-corrected chi connectivity index (χ2v) is 4.46. The summed E-state index contributed by atoms with van der Waals surface area (Å²) >= 11 is 0. The molecule has 0 aliphatic carbocycles. The van der Waals surface area contributed by atoms with Crippen LogP contribution in [0.3, 0.4) is 0 Å². The first-order valence-electron chi connectivity index (χ1n) is 6.26. The van der Waals surface area contributed by atoms with Crippen molar-refractivity contribution in [2.45, 2.75) is 0 Å². The van der Waals surface area contributed by atoms with Gasteiger partial charge in [-0.1, -0.05) is 24.3 Å². The molecule has 0 saturated carbocycles. The van der Waals surface area contributed by atoms with Crippen molar-refractivity contribution in [3.8, 4) is 0 Å². The number of aliphatic carboxylic acids is 1. The third-order valence-corrected chi connectivity index (χ3v) is 2.88. The summed E-state index contributed by atoms with van der Waals surface area (Å²) in [6.45, 7) is -0.00774. The predicted molar refractivity (Wildman–Crippen MR) is 80.5 cm³/mol. The highest BCUT2D eigenvalue weighted by Gasteiger charge is 2.04. The van der Waals surface area contributed by atoms with Gasteiger partial charge >= 0.3 is 5.97 Å². The van der Waals surface area contributed by atoms with Crippen LogP contribution in [0.2, 0.25) is 0 Å². The summed E-state index contributed by atoms with van der Waals surface area (Å²) in [5, 5.41) is 8.75. The van der Waals surface area contributed by atoms with E-state index in [1.165, 1.54) is 0 Å².